The summed E-state index contributed by atoms with van der Waals surface area (Å²) >= 11 is 13.7. The zero-order valence-corrected chi connectivity index (χ0v) is 14.9. The maximum absolute atomic E-state index is 11.4. The molecule has 1 unspecified atom stereocenters. The number of H-pyrrole nitrogens is 2. The Labute approximate surface area is 143 Å². The van der Waals surface area contributed by atoms with Gasteiger partial charge in [-0.3, -0.25) is 0 Å². The lowest BCUT2D eigenvalue weighted by Crippen LogP contribution is -1.99. The van der Waals surface area contributed by atoms with Gasteiger partial charge < -0.3 is 9.97 Å². The summed E-state index contributed by atoms with van der Waals surface area (Å²) in [6, 6.07) is 9.81. The Bertz CT molecular complexity index is 885. The number of aryl methyl sites for hydroxylation is 1. The molecule has 0 amide bonds. The van der Waals surface area contributed by atoms with Crippen molar-refractivity contribution in [2.75, 3.05) is 0 Å². The molecule has 3 aromatic rings. The Morgan fingerprint density at radius 2 is 1.71 bits per heavy atom. The van der Waals surface area contributed by atoms with Crippen molar-refractivity contribution < 1.29 is 0 Å². The van der Waals surface area contributed by atoms with E-state index in [4.69, 9.17) is 11.6 Å². The minimum atomic E-state index is -0.306. The van der Waals surface area contributed by atoms with Crippen LogP contribution in [0.15, 0.2) is 44.1 Å². The first-order valence-electron chi connectivity index (χ1n) is 6.27. The summed E-state index contributed by atoms with van der Waals surface area (Å²) in [5.41, 5.74) is 4.34. The molecule has 3 rings (SSSR count). The minimum Gasteiger partial charge on any atom is -0.306 e. The summed E-state index contributed by atoms with van der Waals surface area (Å²) in [6.45, 7) is 2.03. The molecule has 0 fully saturated rings. The van der Waals surface area contributed by atoms with Gasteiger partial charge in [0.2, 0.25) is 0 Å². The van der Waals surface area contributed by atoms with Gasteiger partial charge >= 0.3 is 5.69 Å². The maximum atomic E-state index is 11.4. The van der Waals surface area contributed by atoms with Crippen molar-refractivity contribution in [3.05, 3.63) is 66.5 Å². The second-order valence-electron chi connectivity index (χ2n) is 4.87. The number of halogens is 3. The van der Waals surface area contributed by atoms with E-state index in [2.05, 4.69) is 41.8 Å². The van der Waals surface area contributed by atoms with E-state index in [-0.39, 0.29) is 11.1 Å². The van der Waals surface area contributed by atoms with Crippen LogP contribution in [0.5, 0.6) is 0 Å². The van der Waals surface area contributed by atoms with Crippen molar-refractivity contribution in [3.8, 4) is 0 Å². The number of aromatic nitrogens is 2. The highest BCUT2D eigenvalue weighted by Gasteiger charge is 2.16. The summed E-state index contributed by atoms with van der Waals surface area (Å²) < 4.78 is 1.89. The van der Waals surface area contributed by atoms with Gasteiger partial charge in [-0.2, -0.15) is 0 Å². The van der Waals surface area contributed by atoms with Gasteiger partial charge in [0, 0.05) is 8.95 Å². The third-order valence-corrected chi connectivity index (χ3v) is 5.42. The van der Waals surface area contributed by atoms with Crippen LogP contribution in [0.1, 0.15) is 22.1 Å². The van der Waals surface area contributed by atoms with E-state index in [0.717, 1.165) is 36.7 Å². The lowest BCUT2D eigenvalue weighted by atomic mass is 10.0. The van der Waals surface area contributed by atoms with Gasteiger partial charge in [0.15, 0.2) is 0 Å². The number of fused-ring (bicyclic) bond motifs is 1. The van der Waals surface area contributed by atoms with Crippen molar-refractivity contribution >= 4 is 54.5 Å². The average molecular weight is 431 g/mol. The average Bonchev–Trinajstić information content (AvgIpc) is 2.79. The number of alkyl halides is 1. The fourth-order valence-electron chi connectivity index (χ4n) is 2.21. The summed E-state index contributed by atoms with van der Waals surface area (Å²) in [5.74, 6) is 0. The highest BCUT2D eigenvalue weighted by molar-refractivity contribution is 9.10. The molecule has 108 valence electrons. The third-order valence-electron chi connectivity index (χ3n) is 3.39. The van der Waals surface area contributed by atoms with Crippen molar-refractivity contribution in [3.63, 3.8) is 0 Å². The quantitative estimate of drug-likeness (QED) is 0.551. The molecule has 21 heavy (non-hydrogen) atoms. The van der Waals surface area contributed by atoms with Gasteiger partial charge in [-0.05, 0) is 41.8 Å². The third kappa shape index (κ3) is 2.82. The molecule has 0 saturated heterocycles. The second kappa shape index (κ2) is 5.63. The van der Waals surface area contributed by atoms with Crippen LogP contribution < -0.4 is 5.69 Å². The molecule has 0 aliphatic carbocycles. The molecule has 3 nitrogen and oxygen atoms in total. The Hall–Kier alpha value is -1.04. The second-order valence-corrected chi connectivity index (χ2v) is 7.01. The molecule has 1 heterocycles. The molecule has 0 bridgehead atoms. The van der Waals surface area contributed by atoms with Crippen LogP contribution in [0.4, 0.5) is 0 Å². The first kappa shape index (κ1) is 14.9. The number of aromatic amines is 2. The van der Waals surface area contributed by atoms with Crippen molar-refractivity contribution in [1.82, 2.24) is 9.97 Å². The first-order valence-corrected chi connectivity index (χ1v) is 8.29. The van der Waals surface area contributed by atoms with Crippen LogP contribution in [0.3, 0.4) is 0 Å². The predicted octanol–water partition coefficient (Wildman–Crippen LogP) is 5.02. The molecule has 0 radical (unpaired) electrons. The highest BCUT2D eigenvalue weighted by Crippen LogP contribution is 2.36. The van der Waals surface area contributed by atoms with E-state index in [0.29, 0.717) is 0 Å². The number of hydrogen-bond acceptors (Lipinski definition) is 1. The van der Waals surface area contributed by atoms with Crippen LogP contribution in [0.2, 0.25) is 0 Å². The smallest absolute Gasteiger partial charge is 0.306 e. The van der Waals surface area contributed by atoms with E-state index in [9.17, 15) is 4.79 Å². The SMILES string of the molecule is Cc1ccc(C(Cl)c2cc3[nH]c(=O)[nH]c3cc2Br)cc1Br. The van der Waals surface area contributed by atoms with E-state index in [1.54, 1.807) is 0 Å². The summed E-state index contributed by atoms with van der Waals surface area (Å²) in [5, 5.41) is -0.306. The molecule has 0 aliphatic rings. The Balaban J connectivity index is 2.11. The monoisotopic (exact) mass is 428 g/mol. The van der Waals surface area contributed by atoms with Gasteiger partial charge in [0.1, 0.15) is 0 Å². The number of nitrogens with one attached hydrogen (secondary N) is 2. The Morgan fingerprint density at radius 3 is 2.38 bits per heavy atom. The van der Waals surface area contributed by atoms with Gasteiger partial charge in [-0.1, -0.05) is 44.0 Å². The number of hydrogen-bond donors (Lipinski definition) is 2. The molecule has 0 spiro atoms. The van der Waals surface area contributed by atoms with Crippen molar-refractivity contribution in [1.29, 1.82) is 0 Å². The molecular formula is C15H11Br2ClN2O. The van der Waals surface area contributed by atoms with Crippen LogP contribution in [0.25, 0.3) is 11.0 Å². The largest absolute Gasteiger partial charge is 0.323 e. The van der Waals surface area contributed by atoms with E-state index < -0.39 is 0 Å². The van der Waals surface area contributed by atoms with Crippen LogP contribution in [-0.2, 0) is 0 Å². The highest BCUT2D eigenvalue weighted by atomic mass is 79.9. The van der Waals surface area contributed by atoms with Gasteiger partial charge in [-0.15, -0.1) is 11.6 Å². The fraction of sp³-hybridized carbons (Fsp3) is 0.133. The molecule has 1 aromatic heterocycles. The van der Waals surface area contributed by atoms with Crippen LogP contribution in [0, 0.1) is 6.92 Å². The summed E-state index contributed by atoms with van der Waals surface area (Å²) in [6.07, 6.45) is 0. The lowest BCUT2D eigenvalue weighted by molar-refractivity contribution is 1.12. The predicted molar refractivity (Wildman–Crippen MR) is 93.2 cm³/mol. The molecular weight excluding hydrogens is 419 g/mol. The molecule has 6 heteroatoms. The van der Waals surface area contributed by atoms with Gasteiger partial charge in [0.05, 0.1) is 16.4 Å². The van der Waals surface area contributed by atoms with Crippen LogP contribution in [-0.4, -0.2) is 9.97 Å². The normalized spacial score (nSPS) is 12.8. The fourth-order valence-corrected chi connectivity index (χ4v) is 3.63. The van der Waals surface area contributed by atoms with Gasteiger partial charge in [0.25, 0.3) is 0 Å². The molecule has 1 atom stereocenters. The zero-order chi connectivity index (χ0) is 15.1. The standard InChI is InChI=1S/C15H11Br2ClN2O/c1-7-2-3-8(4-10(7)16)14(18)9-5-12-13(6-11(9)17)20-15(21)19-12/h2-6,14H,1H3,(H2,19,20,21). The van der Waals surface area contributed by atoms with E-state index in [1.165, 1.54) is 0 Å². The number of benzene rings is 2. The summed E-state index contributed by atoms with van der Waals surface area (Å²) in [4.78, 5) is 16.9. The van der Waals surface area contributed by atoms with E-state index >= 15 is 0 Å². The molecule has 0 saturated carbocycles. The molecule has 0 aliphatic heterocycles. The summed E-state index contributed by atoms with van der Waals surface area (Å²) in [7, 11) is 0. The minimum absolute atomic E-state index is 0.224. The topological polar surface area (TPSA) is 48.6 Å². The first-order chi connectivity index (χ1) is 9.95. The van der Waals surface area contributed by atoms with Crippen molar-refractivity contribution in [2.45, 2.75) is 12.3 Å². The number of imidazole rings is 1. The maximum Gasteiger partial charge on any atom is 0.323 e. The van der Waals surface area contributed by atoms with Crippen LogP contribution >= 0.6 is 43.5 Å². The lowest BCUT2D eigenvalue weighted by Gasteiger charge is -2.14. The zero-order valence-electron chi connectivity index (χ0n) is 11.0. The van der Waals surface area contributed by atoms with Gasteiger partial charge in [-0.25, -0.2) is 4.79 Å². The van der Waals surface area contributed by atoms with E-state index in [1.807, 2.05) is 37.3 Å². The Kier molecular flexibility index (Phi) is 3.99. The number of rotatable bonds is 2. The Morgan fingerprint density at radius 1 is 1.05 bits per heavy atom. The molecule has 2 N–H and O–H groups in total. The molecule has 2 aromatic carbocycles. The van der Waals surface area contributed by atoms with Crippen molar-refractivity contribution in [2.24, 2.45) is 0 Å².